The van der Waals surface area contributed by atoms with Gasteiger partial charge in [0.15, 0.2) is 11.5 Å². The van der Waals surface area contributed by atoms with Gasteiger partial charge in [-0.25, -0.2) is 4.79 Å². The highest BCUT2D eigenvalue weighted by molar-refractivity contribution is 5.87. The molecule has 1 atom stereocenters. The highest BCUT2D eigenvalue weighted by atomic mass is 16.5. The zero-order valence-corrected chi connectivity index (χ0v) is 10.6. The van der Waals surface area contributed by atoms with Crippen LogP contribution in [0.25, 0.3) is 0 Å². The first-order valence-corrected chi connectivity index (χ1v) is 6.00. The molecule has 3 N–H and O–H groups in total. The summed E-state index contributed by atoms with van der Waals surface area (Å²) < 4.78 is 5.31. The van der Waals surface area contributed by atoms with Gasteiger partial charge in [0.2, 0.25) is 0 Å². The van der Waals surface area contributed by atoms with Crippen LogP contribution >= 0.6 is 0 Å². The van der Waals surface area contributed by atoms with Gasteiger partial charge >= 0.3 is 5.97 Å². The van der Waals surface area contributed by atoms with Gasteiger partial charge < -0.3 is 20.1 Å². The second kappa shape index (κ2) is 6.08. The molecule has 0 amide bonds. The summed E-state index contributed by atoms with van der Waals surface area (Å²) in [5, 5.41) is 28.2. The number of para-hydroxylation sites is 2. The first kappa shape index (κ1) is 13.9. The zero-order valence-electron chi connectivity index (χ0n) is 10.6. The number of ether oxygens (including phenoxy) is 1. The van der Waals surface area contributed by atoms with Crippen molar-refractivity contribution in [3.05, 3.63) is 59.7 Å². The zero-order chi connectivity index (χ0) is 14.5. The Morgan fingerprint density at radius 3 is 2.35 bits per heavy atom. The fourth-order valence-corrected chi connectivity index (χ4v) is 1.69. The lowest BCUT2D eigenvalue weighted by Gasteiger charge is -2.13. The number of carboxylic acids is 1. The summed E-state index contributed by atoms with van der Waals surface area (Å²) in [6, 6.07) is 12.4. The molecular weight excluding hydrogens is 260 g/mol. The van der Waals surface area contributed by atoms with Crippen molar-refractivity contribution >= 4 is 5.97 Å². The van der Waals surface area contributed by atoms with Crippen LogP contribution in [0.3, 0.4) is 0 Å². The maximum Gasteiger partial charge on any atom is 0.335 e. The molecule has 2 aromatic rings. The molecule has 0 spiro atoms. The van der Waals surface area contributed by atoms with Crippen molar-refractivity contribution in [2.24, 2.45) is 0 Å². The molecule has 0 bridgehead atoms. The highest BCUT2D eigenvalue weighted by Crippen LogP contribution is 2.25. The van der Waals surface area contributed by atoms with Crippen LogP contribution in [0.5, 0.6) is 11.5 Å². The van der Waals surface area contributed by atoms with Crippen LogP contribution < -0.4 is 4.74 Å². The Bertz CT molecular complexity index is 591. The summed E-state index contributed by atoms with van der Waals surface area (Å²) in [4.78, 5) is 10.7. The Morgan fingerprint density at radius 1 is 1.10 bits per heavy atom. The Balaban J connectivity index is 2.00. The third kappa shape index (κ3) is 3.27. The predicted molar refractivity (Wildman–Crippen MR) is 72.0 cm³/mol. The number of carbonyl (C=O) groups is 1. The number of phenols is 1. The molecule has 2 aromatic carbocycles. The van der Waals surface area contributed by atoms with Gasteiger partial charge in [-0.2, -0.15) is 0 Å². The van der Waals surface area contributed by atoms with Crippen LogP contribution in [-0.4, -0.2) is 27.9 Å². The van der Waals surface area contributed by atoms with Crippen LogP contribution in [-0.2, 0) is 0 Å². The fraction of sp³-hybridized carbons (Fsp3) is 0.133. The molecule has 20 heavy (non-hydrogen) atoms. The van der Waals surface area contributed by atoms with E-state index < -0.39 is 12.1 Å². The molecule has 0 fully saturated rings. The minimum atomic E-state index is -1.02. The number of rotatable bonds is 5. The smallest absolute Gasteiger partial charge is 0.335 e. The summed E-state index contributed by atoms with van der Waals surface area (Å²) in [6.45, 7) is -0.0377. The number of aromatic hydroxyl groups is 1. The second-order valence-corrected chi connectivity index (χ2v) is 4.22. The molecule has 0 aromatic heterocycles. The molecule has 0 aliphatic carbocycles. The van der Waals surface area contributed by atoms with Crippen molar-refractivity contribution in [1.29, 1.82) is 0 Å². The number of benzene rings is 2. The number of hydrogen-bond donors (Lipinski definition) is 3. The van der Waals surface area contributed by atoms with Crippen molar-refractivity contribution in [2.75, 3.05) is 6.61 Å². The van der Waals surface area contributed by atoms with Crippen LogP contribution in [0.2, 0.25) is 0 Å². The quantitative estimate of drug-likeness (QED) is 0.778. The van der Waals surface area contributed by atoms with E-state index in [4.69, 9.17) is 9.84 Å². The lowest BCUT2D eigenvalue weighted by molar-refractivity contribution is 0.0696. The molecule has 5 heteroatoms. The Hall–Kier alpha value is -2.53. The molecular formula is C15H14O5. The van der Waals surface area contributed by atoms with E-state index in [2.05, 4.69) is 0 Å². The lowest BCUT2D eigenvalue weighted by Crippen LogP contribution is -2.10. The molecule has 0 saturated heterocycles. The number of aliphatic hydroxyl groups is 1. The van der Waals surface area contributed by atoms with E-state index in [1.54, 1.807) is 18.2 Å². The molecule has 1 unspecified atom stereocenters. The first-order chi connectivity index (χ1) is 9.58. The Kier molecular flexibility index (Phi) is 4.22. The third-order valence-electron chi connectivity index (χ3n) is 2.80. The molecule has 2 rings (SSSR count). The number of phenolic OH excluding ortho intramolecular Hbond substituents is 1. The van der Waals surface area contributed by atoms with Gasteiger partial charge in [-0.05, 0) is 29.8 Å². The molecule has 0 aliphatic rings. The number of aromatic carboxylic acids is 1. The second-order valence-electron chi connectivity index (χ2n) is 4.22. The van der Waals surface area contributed by atoms with Gasteiger partial charge in [0.1, 0.15) is 12.7 Å². The van der Waals surface area contributed by atoms with Gasteiger partial charge in [0.05, 0.1) is 5.56 Å². The minimum absolute atomic E-state index is 0.000857. The average molecular weight is 274 g/mol. The van der Waals surface area contributed by atoms with E-state index in [0.29, 0.717) is 5.56 Å². The van der Waals surface area contributed by atoms with E-state index in [9.17, 15) is 15.0 Å². The van der Waals surface area contributed by atoms with Gasteiger partial charge in [-0.1, -0.05) is 24.3 Å². The van der Waals surface area contributed by atoms with Crippen molar-refractivity contribution in [3.63, 3.8) is 0 Å². The van der Waals surface area contributed by atoms with E-state index in [0.717, 1.165) is 0 Å². The van der Waals surface area contributed by atoms with Crippen LogP contribution in [0, 0.1) is 0 Å². The van der Waals surface area contributed by atoms with Gasteiger partial charge in [-0.15, -0.1) is 0 Å². The molecule has 0 radical (unpaired) electrons. The summed E-state index contributed by atoms with van der Waals surface area (Å²) in [6.07, 6.45) is -0.905. The number of aliphatic hydroxyl groups excluding tert-OH is 1. The van der Waals surface area contributed by atoms with Crippen molar-refractivity contribution in [2.45, 2.75) is 6.10 Å². The fourth-order valence-electron chi connectivity index (χ4n) is 1.69. The largest absolute Gasteiger partial charge is 0.504 e. The monoisotopic (exact) mass is 274 g/mol. The number of hydrogen-bond acceptors (Lipinski definition) is 4. The van der Waals surface area contributed by atoms with E-state index in [1.807, 2.05) is 0 Å². The lowest BCUT2D eigenvalue weighted by atomic mass is 10.1. The Labute approximate surface area is 115 Å². The first-order valence-electron chi connectivity index (χ1n) is 6.00. The Morgan fingerprint density at radius 2 is 1.75 bits per heavy atom. The van der Waals surface area contributed by atoms with Gasteiger partial charge in [-0.3, -0.25) is 0 Å². The standard InChI is InChI=1S/C15H14O5/c16-12-3-1-2-4-14(12)20-9-13(17)10-5-7-11(8-6-10)15(18)19/h1-8,13,16-17H,9H2,(H,18,19). The molecule has 104 valence electrons. The van der Waals surface area contributed by atoms with Crippen LogP contribution in [0.15, 0.2) is 48.5 Å². The number of carboxylic acid groups (broad SMARTS) is 1. The maximum atomic E-state index is 10.7. The van der Waals surface area contributed by atoms with Crippen LogP contribution in [0.1, 0.15) is 22.0 Å². The summed E-state index contributed by atoms with van der Waals surface area (Å²) in [5.41, 5.74) is 0.702. The summed E-state index contributed by atoms with van der Waals surface area (Å²) in [5.74, 6) is -0.730. The maximum absolute atomic E-state index is 10.7. The van der Waals surface area contributed by atoms with Crippen molar-refractivity contribution < 1.29 is 24.9 Å². The normalized spacial score (nSPS) is 11.8. The topological polar surface area (TPSA) is 87.0 Å². The average Bonchev–Trinajstić information content (AvgIpc) is 2.46. The summed E-state index contributed by atoms with van der Waals surface area (Å²) >= 11 is 0. The molecule has 5 nitrogen and oxygen atoms in total. The van der Waals surface area contributed by atoms with Crippen molar-refractivity contribution in [1.82, 2.24) is 0 Å². The van der Waals surface area contributed by atoms with E-state index in [-0.39, 0.29) is 23.7 Å². The summed E-state index contributed by atoms with van der Waals surface area (Å²) in [7, 11) is 0. The predicted octanol–water partition coefficient (Wildman–Crippen LogP) is 2.20. The molecule has 0 heterocycles. The van der Waals surface area contributed by atoms with Gasteiger partial charge in [0.25, 0.3) is 0 Å². The van der Waals surface area contributed by atoms with Gasteiger partial charge in [0, 0.05) is 0 Å². The molecule has 0 saturated carbocycles. The van der Waals surface area contributed by atoms with E-state index >= 15 is 0 Å². The third-order valence-corrected chi connectivity index (χ3v) is 2.80. The van der Waals surface area contributed by atoms with Crippen molar-refractivity contribution in [3.8, 4) is 11.5 Å². The molecule has 0 aliphatic heterocycles. The highest BCUT2D eigenvalue weighted by Gasteiger charge is 2.11. The van der Waals surface area contributed by atoms with Crippen LogP contribution in [0.4, 0.5) is 0 Å². The van der Waals surface area contributed by atoms with E-state index in [1.165, 1.54) is 30.3 Å². The minimum Gasteiger partial charge on any atom is -0.504 e. The SMILES string of the molecule is O=C(O)c1ccc(C(O)COc2ccccc2O)cc1.